The topological polar surface area (TPSA) is 60.9 Å². The molecule has 116 valence electrons. The molecule has 1 atom stereocenters. The first kappa shape index (κ1) is 16.8. The monoisotopic (exact) mass is 284 g/mol. The van der Waals surface area contributed by atoms with Crippen LogP contribution in [-0.4, -0.2) is 52.6 Å². The van der Waals surface area contributed by atoms with E-state index in [0.717, 1.165) is 19.3 Å². The number of urea groups is 1. The van der Waals surface area contributed by atoms with E-state index >= 15 is 0 Å². The Labute approximate surface area is 121 Å². The second kappa shape index (κ2) is 6.95. The number of nitrogens with zero attached hydrogens (tertiary/aromatic N) is 2. The minimum absolute atomic E-state index is 0.140. The van der Waals surface area contributed by atoms with E-state index in [4.69, 9.17) is 0 Å². The largest absolute Gasteiger partial charge is 0.479 e. The van der Waals surface area contributed by atoms with E-state index in [9.17, 15) is 14.7 Å². The molecular weight excluding hydrogens is 256 g/mol. The summed E-state index contributed by atoms with van der Waals surface area (Å²) in [6.45, 7) is 7.43. The number of carboxylic acids is 1. The Bertz CT molecular complexity index is 357. The van der Waals surface area contributed by atoms with Gasteiger partial charge in [0.15, 0.2) is 0 Å². The highest BCUT2D eigenvalue weighted by atomic mass is 16.4. The van der Waals surface area contributed by atoms with Gasteiger partial charge < -0.3 is 14.9 Å². The highest BCUT2D eigenvalue weighted by molar-refractivity contribution is 5.87. The molecule has 0 bridgehead atoms. The summed E-state index contributed by atoms with van der Waals surface area (Å²) in [4.78, 5) is 27.5. The zero-order chi connectivity index (χ0) is 15.3. The molecule has 20 heavy (non-hydrogen) atoms. The van der Waals surface area contributed by atoms with Gasteiger partial charge in [-0.1, -0.05) is 27.2 Å². The SMILES string of the molecule is CCCC1(C(=O)O)CCCN1C(=O)N(C)CCC(C)C. The molecule has 1 rings (SSSR count). The fraction of sp³-hybridized carbons (Fsp3) is 0.867. The molecule has 0 radical (unpaired) electrons. The van der Waals surface area contributed by atoms with Gasteiger partial charge in [-0.2, -0.15) is 0 Å². The molecule has 1 fully saturated rings. The van der Waals surface area contributed by atoms with E-state index in [-0.39, 0.29) is 6.03 Å². The molecule has 1 unspecified atom stereocenters. The lowest BCUT2D eigenvalue weighted by Gasteiger charge is -2.37. The van der Waals surface area contributed by atoms with Crippen molar-refractivity contribution in [2.45, 2.75) is 58.4 Å². The summed E-state index contributed by atoms with van der Waals surface area (Å²) in [6.07, 6.45) is 3.58. The maximum Gasteiger partial charge on any atom is 0.329 e. The van der Waals surface area contributed by atoms with Crippen molar-refractivity contribution in [2.24, 2.45) is 5.92 Å². The van der Waals surface area contributed by atoms with Gasteiger partial charge in [-0.05, 0) is 31.6 Å². The number of aliphatic carboxylic acids is 1. The molecule has 5 heteroatoms. The van der Waals surface area contributed by atoms with Gasteiger partial charge >= 0.3 is 12.0 Å². The lowest BCUT2D eigenvalue weighted by molar-refractivity contribution is -0.148. The van der Waals surface area contributed by atoms with Crippen molar-refractivity contribution >= 4 is 12.0 Å². The molecule has 2 amide bonds. The number of likely N-dealkylation sites (tertiary alicyclic amines) is 1. The molecule has 0 aromatic heterocycles. The molecule has 1 N–H and O–H groups in total. The number of carbonyl (C=O) groups is 2. The fourth-order valence-corrected chi connectivity index (χ4v) is 2.91. The molecule has 1 aliphatic rings. The van der Waals surface area contributed by atoms with E-state index in [0.29, 0.717) is 31.8 Å². The Balaban J connectivity index is 2.81. The summed E-state index contributed by atoms with van der Waals surface area (Å²) in [5, 5.41) is 9.60. The standard InChI is InChI=1S/C15H28N2O3/c1-5-8-15(13(18)19)9-6-10-17(15)14(20)16(4)11-7-12(2)3/h12H,5-11H2,1-4H3,(H,18,19). The summed E-state index contributed by atoms with van der Waals surface area (Å²) in [5.74, 6) is -0.328. The molecular formula is C15H28N2O3. The quantitative estimate of drug-likeness (QED) is 0.816. The van der Waals surface area contributed by atoms with E-state index in [2.05, 4.69) is 13.8 Å². The van der Waals surface area contributed by atoms with Crippen LogP contribution < -0.4 is 0 Å². The van der Waals surface area contributed by atoms with Crippen LogP contribution in [0.1, 0.15) is 52.9 Å². The highest BCUT2D eigenvalue weighted by Gasteiger charge is 2.49. The first-order valence-electron chi connectivity index (χ1n) is 7.61. The third kappa shape index (κ3) is 3.44. The van der Waals surface area contributed by atoms with Crippen molar-refractivity contribution in [1.29, 1.82) is 0 Å². The van der Waals surface area contributed by atoms with E-state index in [1.54, 1.807) is 16.8 Å². The van der Waals surface area contributed by atoms with Gasteiger partial charge in [-0.15, -0.1) is 0 Å². The maximum atomic E-state index is 12.5. The van der Waals surface area contributed by atoms with Crippen molar-refractivity contribution < 1.29 is 14.7 Å². The van der Waals surface area contributed by atoms with E-state index in [1.165, 1.54) is 0 Å². The van der Waals surface area contributed by atoms with Gasteiger partial charge in [-0.3, -0.25) is 0 Å². The summed E-state index contributed by atoms with van der Waals surface area (Å²) in [7, 11) is 1.77. The zero-order valence-corrected chi connectivity index (χ0v) is 13.2. The number of hydrogen-bond donors (Lipinski definition) is 1. The second-order valence-electron chi connectivity index (χ2n) is 6.23. The minimum Gasteiger partial charge on any atom is -0.479 e. The summed E-state index contributed by atoms with van der Waals surface area (Å²) in [6, 6.07) is -0.140. The smallest absolute Gasteiger partial charge is 0.329 e. The normalized spacial score (nSPS) is 22.4. The van der Waals surface area contributed by atoms with Crippen LogP contribution in [0.3, 0.4) is 0 Å². The van der Waals surface area contributed by atoms with Crippen molar-refractivity contribution in [1.82, 2.24) is 9.80 Å². The molecule has 1 aliphatic heterocycles. The van der Waals surface area contributed by atoms with Gasteiger partial charge in [-0.25, -0.2) is 9.59 Å². The summed E-state index contributed by atoms with van der Waals surface area (Å²) < 4.78 is 0. The van der Waals surface area contributed by atoms with Gasteiger partial charge in [0.05, 0.1) is 0 Å². The maximum absolute atomic E-state index is 12.5. The van der Waals surface area contributed by atoms with Crippen LogP contribution in [0.25, 0.3) is 0 Å². The number of carbonyl (C=O) groups excluding carboxylic acids is 1. The molecule has 0 aromatic carbocycles. The molecule has 1 heterocycles. The van der Waals surface area contributed by atoms with Crippen molar-refractivity contribution in [3.8, 4) is 0 Å². The predicted octanol–water partition coefficient (Wildman–Crippen LogP) is 2.80. The third-order valence-corrected chi connectivity index (χ3v) is 4.15. The lowest BCUT2D eigenvalue weighted by Crippen LogP contribution is -2.56. The van der Waals surface area contributed by atoms with E-state index in [1.807, 2.05) is 6.92 Å². The Hall–Kier alpha value is -1.26. The Morgan fingerprint density at radius 3 is 2.55 bits per heavy atom. The van der Waals surface area contributed by atoms with Crippen LogP contribution in [0.5, 0.6) is 0 Å². The van der Waals surface area contributed by atoms with E-state index < -0.39 is 11.5 Å². The number of amides is 2. The van der Waals surface area contributed by atoms with Gasteiger partial charge in [0.2, 0.25) is 0 Å². The number of carboxylic acid groups (broad SMARTS) is 1. The molecule has 0 aromatic rings. The van der Waals surface area contributed by atoms with Crippen molar-refractivity contribution in [3.05, 3.63) is 0 Å². The van der Waals surface area contributed by atoms with Crippen LogP contribution in [0.4, 0.5) is 4.79 Å². The highest BCUT2D eigenvalue weighted by Crippen LogP contribution is 2.34. The molecule has 5 nitrogen and oxygen atoms in total. The van der Waals surface area contributed by atoms with Crippen molar-refractivity contribution in [3.63, 3.8) is 0 Å². The average molecular weight is 284 g/mol. The number of rotatable bonds is 6. The Morgan fingerprint density at radius 1 is 1.40 bits per heavy atom. The Kier molecular flexibility index (Phi) is 5.84. The van der Waals surface area contributed by atoms with Gasteiger partial charge in [0.1, 0.15) is 5.54 Å². The predicted molar refractivity (Wildman–Crippen MR) is 78.7 cm³/mol. The average Bonchev–Trinajstić information content (AvgIpc) is 2.80. The first-order valence-corrected chi connectivity index (χ1v) is 7.61. The van der Waals surface area contributed by atoms with Crippen LogP contribution in [0, 0.1) is 5.92 Å². The molecule has 0 aliphatic carbocycles. The number of hydrogen-bond acceptors (Lipinski definition) is 2. The zero-order valence-electron chi connectivity index (χ0n) is 13.2. The Morgan fingerprint density at radius 2 is 2.05 bits per heavy atom. The van der Waals surface area contributed by atoms with Gasteiger partial charge in [0.25, 0.3) is 0 Å². The third-order valence-electron chi connectivity index (χ3n) is 4.15. The van der Waals surface area contributed by atoms with Gasteiger partial charge in [0, 0.05) is 20.1 Å². The first-order chi connectivity index (χ1) is 9.35. The van der Waals surface area contributed by atoms with Crippen LogP contribution in [0.15, 0.2) is 0 Å². The minimum atomic E-state index is -0.988. The molecule has 0 spiro atoms. The van der Waals surface area contributed by atoms with Crippen LogP contribution >= 0.6 is 0 Å². The van der Waals surface area contributed by atoms with Crippen LogP contribution in [0.2, 0.25) is 0 Å². The molecule has 0 saturated carbocycles. The summed E-state index contributed by atoms with van der Waals surface area (Å²) >= 11 is 0. The van der Waals surface area contributed by atoms with Crippen LogP contribution in [-0.2, 0) is 4.79 Å². The second-order valence-corrected chi connectivity index (χ2v) is 6.23. The van der Waals surface area contributed by atoms with Crippen molar-refractivity contribution in [2.75, 3.05) is 20.1 Å². The fourth-order valence-electron chi connectivity index (χ4n) is 2.91. The lowest BCUT2D eigenvalue weighted by atomic mass is 9.91. The molecule has 1 saturated heterocycles. The summed E-state index contributed by atoms with van der Waals surface area (Å²) in [5.41, 5.74) is -0.988.